The third kappa shape index (κ3) is 2.73. The smallest absolute Gasteiger partial charge is 0.146 e. The van der Waals surface area contributed by atoms with Crippen molar-refractivity contribution in [2.75, 3.05) is 0 Å². The number of carbonyl (C=O) groups is 3. The fourth-order valence-corrected chi connectivity index (χ4v) is 3.63. The first kappa shape index (κ1) is 16.5. The molecule has 1 aromatic rings. The Kier molecular flexibility index (Phi) is 4.29. The van der Waals surface area contributed by atoms with Crippen LogP contribution in [0.1, 0.15) is 38.7 Å². The molecule has 0 aliphatic heterocycles. The Morgan fingerprint density at radius 2 is 1.82 bits per heavy atom. The van der Waals surface area contributed by atoms with Gasteiger partial charge in [-0.3, -0.25) is 14.4 Å². The van der Waals surface area contributed by atoms with Crippen LogP contribution >= 0.6 is 0 Å². The Balaban J connectivity index is 2.68. The van der Waals surface area contributed by atoms with E-state index in [0.29, 0.717) is 0 Å². The van der Waals surface area contributed by atoms with Gasteiger partial charge in [-0.1, -0.05) is 18.2 Å². The average molecular weight is 306 g/mol. The molecule has 2 rings (SSSR count). The first-order chi connectivity index (χ1) is 10.2. The molecular formula is C17H19FO4. The summed E-state index contributed by atoms with van der Waals surface area (Å²) in [5.41, 5.74) is -1.47. The van der Waals surface area contributed by atoms with Crippen molar-refractivity contribution >= 4 is 17.3 Å². The predicted octanol–water partition coefficient (Wildman–Crippen LogP) is 2.04. The lowest BCUT2D eigenvalue weighted by Crippen LogP contribution is -2.54. The number of hydrogen-bond acceptors (Lipinski definition) is 4. The minimum Gasteiger partial charge on any atom is -0.389 e. The van der Waals surface area contributed by atoms with Crippen molar-refractivity contribution in [1.29, 1.82) is 0 Å². The zero-order chi connectivity index (χ0) is 16.7. The van der Waals surface area contributed by atoms with Crippen molar-refractivity contribution in [3.8, 4) is 0 Å². The molecule has 0 saturated heterocycles. The van der Waals surface area contributed by atoms with Crippen molar-refractivity contribution in [2.24, 2.45) is 11.8 Å². The number of hydrogen-bond donors (Lipinski definition) is 1. The van der Waals surface area contributed by atoms with E-state index >= 15 is 0 Å². The third-order valence-corrected chi connectivity index (χ3v) is 4.41. The zero-order valence-electron chi connectivity index (χ0n) is 12.8. The van der Waals surface area contributed by atoms with Crippen LogP contribution < -0.4 is 0 Å². The van der Waals surface area contributed by atoms with E-state index in [4.69, 9.17) is 0 Å². The second-order valence-corrected chi connectivity index (χ2v) is 6.22. The van der Waals surface area contributed by atoms with Crippen LogP contribution in [0, 0.1) is 17.7 Å². The van der Waals surface area contributed by atoms with Crippen LogP contribution in [0.5, 0.6) is 0 Å². The highest BCUT2D eigenvalue weighted by atomic mass is 19.1. The van der Waals surface area contributed by atoms with Crippen LogP contribution in [0.15, 0.2) is 24.3 Å². The highest BCUT2D eigenvalue weighted by Gasteiger charge is 2.54. The molecule has 1 fully saturated rings. The minimum atomic E-state index is -1.60. The van der Waals surface area contributed by atoms with Gasteiger partial charge in [-0.15, -0.1) is 0 Å². The largest absolute Gasteiger partial charge is 0.389 e. The number of ketones is 3. The van der Waals surface area contributed by atoms with E-state index in [9.17, 15) is 23.9 Å². The monoisotopic (exact) mass is 306 g/mol. The summed E-state index contributed by atoms with van der Waals surface area (Å²) in [4.78, 5) is 36.3. The second kappa shape index (κ2) is 5.72. The lowest BCUT2D eigenvalue weighted by molar-refractivity contribution is -0.151. The molecular weight excluding hydrogens is 287 g/mol. The van der Waals surface area contributed by atoms with Gasteiger partial charge in [-0.25, -0.2) is 4.39 Å². The molecule has 0 unspecified atom stereocenters. The Morgan fingerprint density at radius 3 is 2.32 bits per heavy atom. The maximum absolute atomic E-state index is 14.2. The Bertz CT molecular complexity index is 635. The summed E-state index contributed by atoms with van der Waals surface area (Å²) < 4.78 is 14.2. The number of benzene rings is 1. The van der Waals surface area contributed by atoms with E-state index < -0.39 is 40.7 Å². The summed E-state index contributed by atoms with van der Waals surface area (Å²) in [7, 11) is 0. The third-order valence-electron chi connectivity index (χ3n) is 4.41. The van der Waals surface area contributed by atoms with Gasteiger partial charge in [0.1, 0.15) is 23.2 Å². The molecule has 4 nitrogen and oxygen atoms in total. The van der Waals surface area contributed by atoms with Crippen molar-refractivity contribution in [2.45, 2.75) is 38.7 Å². The molecule has 1 N–H and O–H groups in total. The van der Waals surface area contributed by atoms with E-state index in [1.54, 1.807) is 6.07 Å². The normalized spacial score (nSPS) is 31.9. The minimum absolute atomic E-state index is 0.122. The average Bonchev–Trinajstić information content (AvgIpc) is 2.35. The topological polar surface area (TPSA) is 71.4 Å². The van der Waals surface area contributed by atoms with Crippen LogP contribution in [0.2, 0.25) is 0 Å². The van der Waals surface area contributed by atoms with E-state index in [1.165, 1.54) is 39.0 Å². The van der Waals surface area contributed by atoms with E-state index in [1.807, 2.05) is 0 Å². The van der Waals surface area contributed by atoms with Gasteiger partial charge in [-0.2, -0.15) is 0 Å². The van der Waals surface area contributed by atoms with Crippen LogP contribution in [0.4, 0.5) is 4.39 Å². The van der Waals surface area contributed by atoms with Gasteiger partial charge in [0, 0.05) is 12.3 Å². The highest BCUT2D eigenvalue weighted by Crippen LogP contribution is 2.46. The van der Waals surface area contributed by atoms with Gasteiger partial charge in [0.15, 0.2) is 0 Å². The number of Topliss-reactive ketones (excluding diaryl/α,β-unsaturated/α-hetero) is 3. The number of aliphatic hydroxyl groups is 1. The van der Waals surface area contributed by atoms with Crippen molar-refractivity contribution < 1.29 is 23.9 Å². The molecule has 0 spiro atoms. The zero-order valence-corrected chi connectivity index (χ0v) is 12.8. The van der Waals surface area contributed by atoms with Crippen LogP contribution in [0.3, 0.4) is 0 Å². The summed E-state index contributed by atoms with van der Waals surface area (Å²) in [6.45, 7) is 3.94. The van der Waals surface area contributed by atoms with E-state index in [-0.39, 0.29) is 17.8 Å². The Hall–Kier alpha value is -1.88. The molecule has 0 bridgehead atoms. The van der Waals surface area contributed by atoms with E-state index in [0.717, 1.165) is 0 Å². The summed E-state index contributed by atoms with van der Waals surface area (Å²) in [5, 5.41) is 10.5. The number of rotatable bonds is 3. The Labute approximate surface area is 128 Å². The molecule has 0 aromatic heterocycles. The maximum Gasteiger partial charge on any atom is 0.146 e. The van der Waals surface area contributed by atoms with Crippen LogP contribution in [-0.4, -0.2) is 28.1 Å². The van der Waals surface area contributed by atoms with Gasteiger partial charge in [0.25, 0.3) is 0 Å². The van der Waals surface area contributed by atoms with Crippen molar-refractivity contribution in [3.63, 3.8) is 0 Å². The first-order valence-electron chi connectivity index (χ1n) is 7.17. The molecule has 4 atom stereocenters. The van der Waals surface area contributed by atoms with E-state index in [2.05, 4.69) is 0 Å². The summed E-state index contributed by atoms with van der Waals surface area (Å²) in [5.74, 6) is -4.91. The van der Waals surface area contributed by atoms with Crippen LogP contribution in [0.25, 0.3) is 0 Å². The number of carbonyl (C=O) groups excluding carboxylic acids is 3. The predicted molar refractivity (Wildman–Crippen MR) is 77.7 cm³/mol. The molecule has 5 heteroatoms. The van der Waals surface area contributed by atoms with Crippen molar-refractivity contribution in [3.05, 3.63) is 35.6 Å². The van der Waals surface area contributed by atoms with Crippen molar-refractivity contribution in [1.82, 2.24) is 0 Å². The molecule has 0 radical (unpaired) electrons. The molecule has 1 aromatic carbocycles. The van der Waals surface area contributed by atoms with Gasteiger partial charge < -0.3 is 5.11 Å². The fraction of sp³-hybridized carbons (Fsp3) is 0.471. The van der Waals surface area contributed by atoms with Crippen LogP contribution in [-0.2, 0) is 14.4 Å². The standard InChI is InChI=1S/C17H19FO4/c1-9(19)14-13(21)8-17(3,22)16(10(2)20)15(14)11-6-4-5-7-12(11)18/h4-7,14-16,22H,8H2,1-3H3/t14-,15+,16-,17+/m0/s1. The lowest BCUT2D eigenvalue weighted by Gasteiger charge is -2.44. The summed E-state index contributed by atoms with van der Waals surface area (Å²) >= 11 is 0. The van der Waals surface area contributed by atoms with Gasteiger partial charge in [0.2, 0.25) is 0 Å². The fourth-order valence-electron chi connectivity index (χ4n) is 3.63. The van der Waals surface area contributed by atoms with Gasteiger partial charge >= 0.3 is 0 Å². The second-order valence-electron chi connectivity index (χ2n) is 6.22. The quantitative estimate of drug-likeness (QED) is 0.868. The summed E-state index contributed by atoms with van der Waals surface area (Å²) in [6.07, 6.45) is -0.285. The molecule has 0 amide bonds. The SMILES string of the molecule is CC(=O)[C@H]1C(=O)C[C@@](C)(O)[C@@H](C(C)=O)[C@@H]1c1ccccc1F. The molecule has 1 saturated carbocycles. The molecule has 1 aliphatic carbocycles. The van der Waals surface area contributed by atoms with Gasteiger partial charge in [-0.05, 0) is 32.4 Å². The highest BCUT2D eigenvalue weighted by molar-refractivity contribution is 6.05. The molecule has 0 heterocycles. The van der Waals surface area contributed by atoms with Gasteiger partial charge in [0.05, 0.1) is 17.4 Å². The number of halogens is 1. The Morgan fingerprint density at radius 1 is 1.23 bits per heavy atom. The lowest BCUT2D eigenvalue weighted by atomic mass is 9.60. The molecule has 118 valence electrons. The summed E-state index contributed by atoms with van der Waals surface area (Å²) in [6, 6.07) is 5.76. The molecule has 22 heavy (non-hydrogen) atoms. The first-order valence-corrected chi connectivity index (χ1v) is 7.17. The maximum atomic E-state index is 14.2. The molecule has 1 aliphatic rings.